The normalized spacial score (nSPS) is 14.3. The third kappa shape index (κ3) is 2.52. The summed E-state index contributed by atoms with van der Waals surface area (Å²) in [5, 5.41) is 8.00. The van der Waals surface area contributed by atoms with Crippen molar-refractivity contribution < 1.29 is 9.53 Å². The lowest BCUT2D eigenvalue weighted by molar-refractivity contribution is -0.138. The van der Waals surface area contributed by atoms with Crippen LogP contribution in [-0.4, -0.2) is 35.9 Å². The standard InChI is InChI=1S/C13H18N4O2/c1-3-7-17-8-10(13(18)19-4-2)11(14)9-5-6-15-16-12(9)17/h5-6H,3-4,7-8,14H2,1-2H3. The Kier molecular flexibility index (Phi) is 3.99. The molecule has 2 heterocycles. The number of ether oxygens (including phenoxy) is 1. The van der Waals surface area contributed by atoms with Gasteiger partial charge >= 0.3 is 5.97 Å². The highest BCUT2D eigenvalue weighted by Crippen LogP contribution is 2.30. The van der Waals surface area contributed by atoms with Crippen LogP contribution in [0.15, 0.2) is 17.8 Å². The molecule has 6 heteroatoms. The monoisotopic (exact) mass is 262 g/mol. The van der Waals surface area contributed by atoms with Gasteiger partial charge in [0.05, 0.1) is 30.6 Å². The van der Waals surface area contributed by atoms with Gasteiger partial charge in [-0.05, 0) is 19.4 Å². The van der Waals surface area contributed by atoms with Crippen LogP contribution in [0.4, 0.5) is 5.82 Å². The first kappa shape index (κ1) is 13.3. The van der Waals surface area contributed by atoms with Crippen molar-refractivity contribution in [2.45, 2.75) is 20.3 Å². The summed E-state index contributed by atoms with van der Waals surface area (Å²) in [6, 6.07) is 1.78. The number of carbonyl (C=O) groups is 1. The van der Waals surface area contributed by atoms with Gasteiger partial charge in [0.1, 0.15) is 0 Å². The lowest BCUT2D eigenvalue weighted by atomic mass is 10.0. The van der Waals surface area contributed by atoms with E-state index in [4.69, 9.17) is 10.5 Å². The second kappa shape index (κ2) is 5.69. The van der Waals surface area contributed by atoms with Crippen molar-refractivity contribution in [1.82, 2.24) is 10.2 Å². The van der Waals surface area contributed by atoms with Crippen molar-refractivity contribution in [2.75, 3.05) is 24.6 Å². The predicted octanol–water partition coefficient (Wildman–Crippen LogP) is 0.939. The van der Waals surface area contributed by atoms with Gasteiger partial charge in [-0.15, -0.1) is 5.10 Å². The minimum absolute atomic E-state index is 0.338. The first-order chi connectivity index (χ1) is 9.19. The summed E-state index contributed by atoms with van der Waals surface area (Å²) in [5.74, 6) is 0.374. The molecule has 0 atom stereocenters. The molecule has 102 valence electrons. The van der Waals surface area contributed by atoms with Crippen LogP contribution in [0.2, 0.25) is 0 Å². The molecule has 19 heavy (non-hydrogen) atoms. The third-order valence-corrected chi connectivity index (χ3v) is 2.98. The molecule has 2 N–H and O–H groups in total. The minimum atomic E-state index is -0.358. The van der Waals surface area contributed by atoms with Crippen LogP contribution >= 0.6 is 0 Å². The maximum atomic E-state index is 11.9. The lowest BCUT2D eigenvalue weighted by Gasteiger charge is -2.30. The number of esters is 1. The third-order valence-electron chi connectivity index (χ3n) is 2.98. The molecule has 0 aromatic carbocycles. The fourth-order valence-electron chi connectivity index (χ4n) is 2.13. The SMILES string of the molecule is CCCN1CC(C(=O)OCC)=C(N)c2ccnnc21. The van der Waals surface area contributed by atoms with Gasteiger partial charge in [0.15, 0.2) is 5.82 Å². The van der Waals surface area contributed by atoms with Gasteiger partial charge in [-0.3, -0.25) is 0 Å². The number of carbonyl (C=O) groups excluding carboxylic acids is 1. The van der Waals surface area contributed by atoms with Crippen molar-refractivity contribution in [3.63, 3.8) is 0 Å². The van der Waals surface area contributed by atoms with Crippen LogP contribution in [0.5, 0.6) is 0 Å². The Bertz CT molecular complexity index is 513. The summed E-state index contributed by atoms with van der Waals surface area (Å²) in [6.45, 7) is 5.40. The molecule has 0 saturated heterocycles. The number of anilines is 1. The van der Waals surface area contributed by atoms with E-state index in [0.29, 0.717) is 24.4 Å². The molecule has 2 rings (SSSR count). The molecule has 0 amide bonds. The summed E-state index contributed by atoms with van der Waals surface area (Å²) in [5.41, 5.74) is 7.75. The van der Waals surface area contributed by atoms with Gasteiger partial charge < -0.3 is 15.4 Å². The Morgan fingerprint density at radius 3 is 3.00 bits per heavy atom. The van der Waals surface area contributed by atoms with Gasteiger partial charge in [-0.1, -0.05) is 6.92 Å². The van der Waals surface area contributed by atoms with Gasteiger partial charge in [0.25, 0.3) is 0 Å². The zero-order chi connectivity index (χ0) is 13.8. The Balaban J connectivity index is 2.43. The number of fused-ring (bicyclic) bond motifs is 1. The number of aromatic nitrogens is 2. The Hall–Kier alpha value is -2.11. The van der Waals surface area contributed by atoms with Gasteiger partial charge in [-0.25, -0.2) is 4.79 Å². The van der Waals surface area contributed by atoms with Crippen molar-refractivity contribution in [3.8, 4) is 0 Å². The number of nitrogens with two attached hydrogens (primary N) is 1. The minimum Gasteiger partial charge on any atom is -0.463 e. The average molecular weight is 262 g/mol. The van der Waals surface area contributed by atoms with E-state index in [9.17, 15) is 4.79 Å². The molecule has 0 radical (unpaired) electrons. The largest absolute Gasteiger partial charge is 0.463 e. The van der Waals surface area contributed by atoms with Crippen LogP contribution in [0.1, 0.15) is 25.8 Å². The molecule has 0 bridgehead atoms. The highest BCUT2D eigenvalue weighted by Gasteiger charge is 2.28. The highest BCUT2D eigenvalue weighted by atomic mass is 16.5. The molecule has 1 aliphatic rings. The van der Waals surface area contributed by atoms with Crippen molar-refractivity contribution in [3.05, 3.63) is 23.4 Å². The average Bonchev–Trinajstić information content (AvgIpc) is 2.42. The van der Waals surface area contributed by atoms with Gasteiger partial charge in [0, 0.05) is 12.1 Å². The first-order valence-corrected chi connectivity index (χ1v) is 6.41. The molecule has 0 unspecified atom stereocenters. The van der Waals surface area contributed by atoms with E-state index >= 15 is 0 Å². The maximum absolute atomic E-state index is 11.9. The summed E-state index contributed by atoms with van der Waals surface area (Å²) < 4.78 is 5.05. The zero-order valence-corrected chi connectivity index (χ0v) is 11.2. The van der Waals surface area contributed by atoms with Crippen LogP contribution < -0.4 is 10.6 Å². The summed E-state index contributed by atoms with van der Waals surface area (Å²) in [7, 11) is 0. The number of rotatable bonds is 4. The van der Waals surface area contributed by atoms with Crippen LogP contribution in [-0.2, 0) is 9.53 Å². The predicted molar refractivity (Wildman–Crippen MR) is 72.3 cm³/mol. The van der Waals surface area contributed by atoms with E-state index in [1.54, 1.807) is 19.2 Å². The van der Waals surface area contributed by atoms with Crippen LogP contribution in [0, 0.1) is 0 Å². The molecule has 1 aromatic rings. The molecular weight excluding hydrogens is 244 g/mol. The van der Waals surface area contributed by atoms with E-state index in [-0.39, 0.29) is 5.97 Å². The second-order valence-electron chi connectivity index (χ2n) is 4.30. The second-order valence-corrected chi connectivity index (χ2v) is 4.30. The molecule has 0 aliphatic carbocycles. The van der Waals surface area contributed by atoms with E-state index in [1.165, 1.54) is 0 Å². The molecule has 0 fully saturated rings. The quantitative estimate of drug-likeness (QED) is 0.813. The summed E-state index contributed by atoms with van der Waals surface area (Å²) in [4.78, 5) is 14.0. The van der Waals surface area contributed by atoms with Crippen molar-refractivity contribution in [1.29, 1.82) is 0 Å². The number of hydrogen-bond acceptors (Lipinski definition) is 6. The maximum Gasteiger partial charge on any atom is 0.337 e. The van der Waals surface area contributed by atoms with Gasteiger partial charge in [-0.2, -0.15) is 5.10 Å². The van der Waals surface area contributed by atoms with E-state index in [2.05, 4.69) is 17.1 Å². The van der Waals surface area contributed by atoms with E-state index < -0.39 is 0 Å². The molecule has 1 aromatic heterocycles. The topological polar surface area (TPSA) is 81.3 Å². The van der Waals surface area contributed by atoms with E-state index in [0.717, 1.165) is 24.3 Å². The fourth-order valence-corrected chi connectivity index (χ4v) is 2.13. The summed E-state index contributed by atoms with van der Waals surface area (Å²) in [6.07, 6.45) is 2.52. The lowest BCUT2D eigenvalue weighted by Crippen LogP contribution is -2.36. The molecule has 6 nitrogen and oxygen atoms in total. The zero-order valence-electron chi connectivity index (χ0n) is 11.2. The van der Waals surface area contributed by atoms with Crippen molar-refractivity contribution >= 4 is 17.5 Å². The Labute approximate surface area is 112 Å². The smallest absolute Gasteiger partial charge is 0.337 e. The van der Waals surface area contributed by atoms with Crippen LogP contribution in [0.3, 0.4) is 0 Å². The first-order valence-electron chi connectivity index (χ1n) is 6.41. The Morgan fingerprint density at radius 1 is 1.53 bits per heavy atom. The highest BCUT2D eigenvalue weighted by molar-refractivity contribution is 6.00. The Morgan fingerprint density at radius 2 is 2.32 bits per heavy atom. The number of hydrogen-bond donors (Lipinski definition) is 1. The molecule has 1 aliphatic heterocycles. The van der Waals surface area contributed by atoms with Crippen molar-refractivity contribution in [2.24, 2.45) is 5.73 Å². The molecular formula is C13H18N4O2. The number of nitrogens with zero attached hydrogens (tertiary/aromatic N) is 3. The fraction of sp³-hybridized carbons (Fsp3) is 0.462. The summed E-state index contributed by atoms with van der Waals surface area (Å²) >= 11 is 0. The molecule has 0 saturated carbocycles. The van der Waals surface area contributed by atoms with Crippen LogP contribution in [0.25, 0.3) is 5.70 Å². The van der Waals surface area contributed by atoms with E-state index in [1.807, 2.05) is 4.90 Å². The molecule has 0 spiro atoms. The van der Waals surface area contributed by atoms with Gasteiger partial charge in [0.2, 0.25) is 0 Å².